The fraction of sp³-hybridized carbons (Fsp3) is 0.467. The molecule has 5 nitrogen and oxygen atoms in total. The number of ether oxygens (including phenoxy) is 1. The van der Waals surface area contributed by atoms with Crippen LogP contribution in [-0.4, -0.2) is 30.1 Å². The third kappa shape index (κ3) is 6.22. The van der Waals surface area contributed by atoms with Crippen LogP contribution in [0, 0.1) is 12.8 Å². The van der Waals surface area contributed by atoms with E-state index in [0.29, 0.717) is 19.4 Å². The van der Waals surface area contributed by atoms with Crippen LogP contribution in [-0.2, 0) is 9.59 Å². The first kappa shape index (κ1) is 16.0. The van der Waals surface area contributed by atoms with Gasteiger partial charge >= 0.3 is 5.97 Å². The Hall–Kier alpha value is -2.04. The fourth-order valence-electron chi connectivity index (χ4n) is 1.50. The lowest BCUT2D eigenvalue weighted by Gasteiger charge is -2.09. The monoisotopic (exact) mass is 279 g/mol. The van der Waals surface area contributed by atoms with Crippen molar-refractivity contribution in [2.24, 2.45) is 5.92 Å². The number of carbonyl (C=O) groups is 2. The lowest BCUT2D eigenvalue weighted by Crippen LogP contribution is -2.31. The quantitative estimate of drug-likeness (QED) is 0.714. The van der Waals surface area contributed by atoms with E-state index in [1.54, 1.807) is 6.92 Å². The van der Waals surface area contributed by atoms with E-state index in [1.165, 1.54) is 5.56 Å². The SMILES string of the molecule is Cc1ccc(OCCCC(=O)NCC(C)C(=O)O)cc1. The molecule has 2 N–H and O–H groups in total. The Kier molecular flexibility index (Phi) is 6.56. The summed E-state index contributed by atoms with van der Waals surface area (Å²) in [6.45, 7) is 4.19. The number of rotatable bonds is 8. The van der Waals surface area contributed by atoms with Gasteiger partial charge < -0.3 is 15.2 Å². The van der Waals surface area contributed by atoms with Crippen molar-refractivity contribution in [3.63, 3.8) is 0 Å². The summed E-state index contributed by atoms with van der Waals surface area (Å²) in [5.74, 6) is -0.836. The molecule has 1 aromatic rings. The van der Waals surface area contributed by atoms with Crippen LogP contribution in [0.4, 0.5) is 0 Å². The van der Waals surface area contributed by atoms with Crippen LogP contribution >= 0.6 is 0 Å². The van der Waals surface area contributed by atoms with Crippen molar-refractivity contribution in [3.8, 4) is 5.75 Å². The molecular weight excluding hydrogens is 258 g/mol. The second-order valence-electron chi connectivity index (χ2n) is 4.81. The van der Waals surface area contributed by atoms with Crippen molar-refractivity contribution in [1.29, 1.82) is 0 Å². The third-order valence-corrected chi connectivity index (χ3v) is 2.86. The summed E-state index contributed by atoms with van der Waals surface area (Å²) in [6, 6.07) is 7.72. The molecule has 1 amide bonds. The first-order chi connectivity index (χ1) is 9.49. The lowest BCUT2D eigenvalue weighted by atomic mass is 10.2. The largest absolute Gasteiger partial charge is 0.494 e. The first-order valence-corrected chi connectivity index (χ1v) is 6.68. The Morgan fingerprint density at radius 2 is 1.95 bits per heavy atom. The highest BCUT2D eigenvalue weighted by Gasteiger charge is 2.11. The van der Waals surface area contributed by atoms with Gasteiger partial charge in [-0.15, -0.1) is 0 Å². The summed E-state index contributed by atoms with van der Waals surface area (Å²) < 4.78 is 5.50. The number of hydrogen-bond donors (Lipinski definition) is 2. The molecule has 0 spiro atoms. The number of aliphatic carboxylic acids is 1. The molecule has 1 aromatic carbocycles. The second-order valence-corrected chi connectivity index (χ2v) is 4.81. The van der Waals surface area contributed by atoms with E-state index in [9.17, 15) is 9.59 Å². The van der Waals surface area contributed by atoms with E-state index in [4.69, 9.17) is 9.84 Å². The predicted octanol–water partition coefficient (Wildman–Crippen LogP) is 1.99. The van der Waals surface area contributed by atoms with Gasteiger partial charge in [-0.05, 0) is 25.5 Å². The van der Waals surface area contributed by atoms with Crippen LogP contribution in [0.1, 0.15) is 25.3 Å². The number of amides is 1. The summed E-state index contributed by atoms with van der Waals surface area (Å²) in [5, 5.41) is 11.3. The van der Waals surface area contributed by atoms with Crippen molar-refractivity contribution in [2.75, 3.05) is 13.2 Å². The Morgan fingerprint density at radius 3 is 2.55 bits per heavy atom. The Balaban J connectivity index is 2.13. The van der Waals surface area contributed by atoms with Crippen LogP contribution in [0.2, 0.25) is 0 Å². The van der Waals surface area contributed by atoms with E-state index in [0.717, 1.165) is 5.75 Å². The maximum absolute atomic E-state index is 11.5. The highest BCUT2D eigenvalue weighted by atomic mass is 16.5. The highest BCUT2D eigenvalue weighted by molar-refractivity contribution is 5.77. The summed E-state index contributed by atoms with van der Waals surface area (Å²) in [7, 11) is 0. The normalized spacial score (nSPS) is 11.7. The Morgan fingerprint density at radius 1 is 1.30 bits per heavy atom. The van der Waals surface area contributed by atoms with Crippen molar-refractivity contribution in [2.45, 2.75) is 26.7 Å². The molecule has 0 fully saturated rings. The minimum atomic E-state index is -0.909. The van der Waals surface area contributed by atoms with E-state index in [1.807, 2.05) is 31.2 Å². The fourth-order valence-corrected chi connectivity index (χ4v) is 1.50. The minimum absolute atomic E-state index is 0.148. The zero-order chi connectivity index (χ0) is 15.0. The van der Waals surface area contributed by atoms with Crippen molar-refractivity contribution < 1.29 is 19.4 Å². The maximum atomic E-state index is 11.5. The van der Waals surface area contributed by atoms with Crippen molar-refractivity contribution in [3.05, 3.63) is 29.8 Å². The van der Waals surface area contributed by atoms with Crippen LogP contribution < -0.4 is 10.1 Å². The maximum Gasteiger partial charge on any atom is 0.308 e. The predicted molar refractivity (Wildman–Crippen MR) is 75.7 cm³/mol. The molecule has 0 aliphatic carbocycles. The highest BCUT2D eigenvalue weighted by Crippen LogP contribution is 2.11. The molecule has 20 heavy (non-hydrogen) atoms. The number of carboxylic acid groups (broad SMARTS) is 1. The summed E-state index contributed by atoms with van der Waals surface area (Å²) >= 11 is 0. The number of carbonyl (C=O) groups excluding carboxylic acids is 1. The lowest BCUT2D eigenvalue weighted by molar-refractivity contribution is -0.141. The van der Waals surface area contributed by atoms with Gasteiger partial charge in [0.25, 0.3) is 0 Å². The number of benzene rings is 1. The first-order valence-electron chi connectivity index (χ1n) is 6.68. The van der Waals surface area contributed by atoms with Gasteiger partial charge in [-0.1, -0.05) is 24.6 Å². The van der Waals surface area contributed by atoms with Gasteiger partial charge in [-0.2, -0.15) is 0 Å². The Bertz CT molecular complexity index is 442. The van der Waals surface area contributed by atoms with Crippen molar-refractivity contribution in [1.82, 2.24) is 5.32 Å². The number of nitrogens with one attached hydrogen (secondary N) is 1. The standard InChI is InChI=1S/C15H21NO4/c1-11-5-7-13(8-6-11)20-9-3-4-14(17)16-10-12(2)15(18)19/h5-8,12H,3-4,9-10H2,1-2H3,(H,16,17)(H,18,19). The van der Waals surface area contributed by atoms with Crippen LogP contribution in [0.15, 0.2) is 24.3 Å². The van der Waals surface area contributed by atoms with E-state index >= 15 is 0 Å². The average Bonchev–Trinajstić information content (AvgIpc) is 2.42. The summed E-state index contributed by atoms with van der Waals surface area (Å²) in [5.41, 5.74) is 1.17. The molecule has 0 heterocycles. The molecule has 0 bridgehead atoms. The zero-order valence-corrected chi connectivity index (χ0v) is 11.9. The van der Waals surface area contributed by atoms with Crippen LogP contribution in [0.25, 0.3) is 0 Å². The molecule has 1 unspecified atom stereocenters. The van der Waals surface area contributed by atoms with Crippen molar-refractivity contribution >= 4 is 11.9 Å². The topological polar surface area (TPSA) is 75.6 Å². The van der Waals surface area contributed by atoms with Gasteiger partial charge in [0.15, 0.2) is 0 Å². The Labute approximate surface area is 118 Å². The summed E-state index contributed by atoms with van der Waals surface area (Å²) in [4.78, 5) is 22.0. The molecule has 0 saturated carbocycles. The molecule has 1 atom stereocenters. The van der Waals surface area contributed by atoms with Gasteiger partial charge in [0.05, 0.1) is 12.5 Å². The van der Waals surface area contributed by atoms with Gasteiger partial charge in [-0.3, -0.25) is 9.59 Å². The molecule has 0 aliphatic heterocycles. The van der Waals surface area contributed by atoms with E-state index < -0.39 is 11.9 Å². The second kappa shape index (κ2) is 8.19. The van der Waals surface area contributed by atoms with E-state index in [-0.39, 0.29) is 12.5 Å². The number of carboxylic acids is 1. The van der Waals surface area contributed by atoms with Gasteiger partial charge in [0, 0.05) is 13.0 Å². The van der Waals surface area contributed by atoms with Gasteiger partial charge in [-0.25, -0.2) is 0 Å². The average molecular weight is 279 g/mol. The smallest absolute Gasteiger partial charge is 0.308 e. The van der Waals surface area contributed by atoms with Crippen LogP contribution in [0.3, 0.4) is 0 Å². The molecule has 0 aliphatic rings. The molecule has 1 rings (SSSR count). The third-order valence-electron chi connectivity index (χ3n) is 2.86. The molecule has 0 aromatic heterocycles. The molecule has 110 valence electrons. The molecule has 0 saturated heterocycles. The van der Waals surface area contributed by atoms with Gasteiger partial charge in [0.2, 0.25) is 5.91 Å². The molecular formula is C15H21NO4. The minimum Gasteiger partial charge on any atom is -0.494 e. The van der Waals surface area contributed by atoms with Gasteiger partial charge in [0.1, 0.15) is 5.75 Å². The number of hydrogen-bond acceptors (Lipinski definition) is 3. The summed E-state index contributed by atoms with van der Waals surface area (Å²) in [6.07, 6.45) is 0.930. The van der Waals surface area contributed by atoms with E-state index in [2.05, 4.69) is 5.32 Å². The number of aryl methyl sites for hydroxylation is 1. The molecule has 5 heteroatoms. The van der Waals surface area contributed by atoms with Crippen LogP contribution in [0.5, 0.6) is 5.75 Å². The zero-order valence-electron chi connectivity index (χ0n) is 11.9. The molecule has 0 radical (unpaired) electrons.